The number of aliphatic carboxylic acids is 2. The predicted octanol–water partition coefficient (Wildman–Crippen LogP) is 10.1. The highest BCUT2D eigenvalue weighted by molar-refractivity contribution is 5.97. The number of nitrogens with zero attached hydrogens (tertiary/aromatic N) is 3. The largest absolute Gasteiger partial charge is 0.477 e. The van der Waals surface area contributed by atoms with Crippen LogP contribution in [0.1, 0.15) is 44.5 Å². The molecular weight excluding hydrogens is 635 g/mol. The maximum atomic E-state index is 11.1. The normalized spacial score (nSPS) is 11.7. The minimum atomic E-state index is -1.25. The van der Waals surface area contributed by atoms with E-state index < -0.39 is 11.9 Å². The molecule has 0 saturated heterocycles. The van der Waals surface area contributed by atoms with Crippen LogP contribution in [0.5, 0.6) is 0 Å². The van der Waals surface area contributed by atoms with Crippen LogP contribution in [0.2, 0.25) is 0 Å². The molecule has 0 atom stereocenters. The van der Waals surface area contributed by atoms with Crippen molar-refractivity contribution in [2.45, 2.75) is 13.8 Å². The lowest BCUT2D eigenvalue weighted by Crippen LogP contribution is -2.10. The van der Waals surface area contributed by atoms with E-state index in [0.717, 1.165) is 39.3 Å². The minimum absolute atomic E-state index is 0.313. The molecule has 0 aromatic heterocycles. The number of hydrogen-bond donors (Lipinski definition) is 2. The predicted molar refractivity (Wildman–Crippen MR) is 204 cm³/mol. The smallest absolute Gasteiger partial charge is 0.346 e. The molecular formula is C44H33N3O4. The molecule has 0 saturated carbocycles. The maximum Gasteiger partial charge on any atom is 0.346 e. The van der Waals surface area contributed by atoms with Crippen molar-refractivity contribution in [1.29, 1.82) is 10.5 Å². The zero-order valence-corrected chi connectivity index (χ0v) is 28.0. The molecule has 51 heavy (non-hydrogen) atoms. The summed E-state index contributed by atoms with van der Waals surface area (Å²) in [4.78, 5) is 24.5. The number of nitriles is 2. The van der Waals surface area contributed by atoms with Crippen molar-refractivity contribution in [3.63, 3.8) is 0 Å². The highest BCUT2D eigenvalue weighted by Gasteiger charge is 2.13. The lowest BCUT2D eigenvalue weighted by Gasteiger charge is -2.26. The highest BCUT2D eigenvalue weighted by Crippen LogP contribution is 2.36. The Morgan fingerprint density at radius 2 is 0.804 bits per heavy atom. The summed E-state index contributed by atoms with van der Waals surface area (Å²) in [6, 6.07) is 41.0. The molecule has 5 rings (SSSR count). The number of carboxylic acids is 2. The number of aryl methyl sites for hydroxylation is 2. The van der Waals surface area contributed by atoms with E-state index in [0.29, 0.717) is 11.1 Å². The van der Waals surface area contributed by atoms with E-state index in [9.17, 15) is 9.59 Å². The Balaban J connectivity index is 1.35. The second kappa shape index (κ2) is 16.3. The topological polar surface area (TPSA) is 125 Å². The fourth-order valence-corrected chi connectivity index (χ4v) is 5.19. The van der Waals surface area contributed by atoms with E-state index in [1.165, 1.54) is 23.3 Å². The summed E-state index contributed by atoms with van der Waals surface area (Å²) in [6.45, 7) is 4.20. The van der Waals surface area contributed by atoms with Gasteiger partial charge >= 0.3 is 11.9 Å². The summed E-state index contributed by atoms with van der Waals surface area (Å²) in [5, 5.41) is 36.2. The summed E-state index contributed by atoms with van der Waals surface area (Å²) in [6.07, 6.45) is 10.7. The van der Waals surface area contributed by atoms with Gasteiger partial charge in [0.25, 0.3) is 0 Å². The molecule has 0 fully saturated rings. The van der Waals surface area contributed by atoms with Crippen LogP contribution in [-0.4, -0.2) is 22.2 Å². The number of anilines is 3. The van der Waals surface area contributed by atoms with Gasteiger partial charge in [-0.1, -0.05) is 103 Å². The zero-order valence-electron chi connectivity index (χ0n) is 28.0. The number of hydrogen-bond acceptors (Lipinski definition) is 5. The molecule has 0 aliphatic carbocycles. The van der Waals surface area contributed by atoms with Crippen LogP contribution in [0.15, 0.2) is 126 Å². The van der Waals surface area contributed by atoms with E-state index in [1.807, 2.05) is 48.6 Å². The second-order valence-electron chi connectivity index (χ2n) is 11.7. The van der Waals surface area contributed by atoms with Crippen molar-refractivity contribution in [2.24, 2.45) is 0 Å². The van der Waals surface area contributed by atoms with E-state index in [1.54, 1.807) is 36.4 Å². The quantitative estimate of drug-likeness (QED) is 0.0816. The Bertz CT molecular complexity index is 2130. The fourth-order valence-electron chi connectivity index (χ4n) is 5.19. The maximum absolute atomic E-state index is 11.1. The molecule has 0 aliphatic rings. The van der Waals surface area contributed by atoms with Gasteiger partial charge in [0.2, 0.25) is 0 Å². The van der Waals surface area contributed by atoms with Gasteiger partial charge < -0.3 is 15.1 Å². The molecule has 0 heterocycles. The first kappa shape index (κ1) is 35.1. The first-order chi connectivity index (χ1) is 24.6. The summed E-state index contributed by atoms with van der Waals surface area (Å²) in [7, 11) is 0. The number of rotatable bonds is 11. The Labute approximate surface area is 296 Å². The van der Waals surface area contributed by atoms with Crippen molar-refractivity contribution >= 4 is 65.5 Å². The van der Waals surface area contributed by atoms with Crippen molar-refractivity contribution < 1.29 is 19.8 Å². The number of carbonyl (C=O) groups is 2. The SMILES string of the molecule is Cc1ccc(N(c2ccc(/C=C/c3ccc(/C=C(\C#N)C(=O)O)cc3)cc2)c2ccc(/C=C/c3ccc(/C=C(\C#N)C(=O)O)cc3)cc2)cc1C. The van der Waals surface area contributed by atoms with Crippen LogP contribution in [0.25, 0.3) is 36.5 Å². The third-order valence-corrected chi connectivity index (χ3v) is 8.18. The monoisotopic (exact) mass is 667 g/mol. The Morgan fingerprint density at radius 3 is 1.12 bits per heavy atom. The molecule has 2 N–H and O–H groups in total. The summed E-state index contributed by atoms with van der Waals surface area (Å²) < 4.78 is 0. The van der Waals surface area contributed by atoms with Crippen LogP contribution in [0, 0.1) is 36.5 Å². The van der Waals surface area contributed by atoms with Crippen molar-refractivity contribution in [3.8, 4) is 12.1 Å². The average molecular weight is 668 g/mol. The van der Waals surface area contributed by atoms with Gasteiger partial charge in [-0.15, -0.1) is 0 Å². The fraction of sp³-hybridized carbons (Fsp3) is 0.0455. The van der Waals surface area contributed by atoms with Crippen molar-refractivity contribution in [2.75, 3.05) is 4.90 Å². The molecule has 0 spiro atoms. The Morgan fingerprint density at radius 1 is 0.490 bits per heavy atom. The third-order valence-electron chi connectivity index (χ3n) is 8.18. The lowest BCUT2D eigenvalue weighted by atomic mass is 10.1. The summed E-state index contributed by atoms with van der Waals surface area (Å²) in [5.74, 6) is -2.50. The summed E-state index contributed by atoms with van der Waals surface area (Å²) in [5.41, 5.74) is 10.0. The van der Waals surface area contributed by atoms with Crippen LogP contribution < -0.4 is 4.90 Å². The van der Waals surface area contributed by atoms with Gasteiger partial charge in [0.05, 0.1) is 0 Å². The van der Waals surface area contributed by atoms with Crippen LogP contribution in [0.4, 0.5) is 17.1 Å². The lowest BCUT2D eigenvalue weighted by molar-refractivity contribution is -0.133. The van der Waals surface area contributed by atoms with Gasteiger partial charge in [-0.05, 0) is 107 Å². The average Bonchev–Trinajstić information content (AvgIpc) is 3.14. The van der Waals surface area contributed by atoms with E-state index in [4.69, 9.17) is 20.7 Å². The van der Waals surface area contributed by atoms with E-state index in [-0.39, 0.29) is 11.1 Å². The van der Waals surface area contributed by atoms with Gasteiger partial charge in [0, 0.05) is 17.1 Å². The van der Waals surface area contributed by atoms with E-state index in [2.05, 4.69) is 85.5 Å². The first-order valence-corrected chi connectivity index (χ1v) is 16.0. The van der Waals surface area contributed by atoms with Crippen LogP contribution in [0.3, 0.4) is 0 Å². The molecule has 0 radical (unpaired) electrons. The number of benzene rings is 5. The standard InChI is InChI=1S/C44H33N3O4/c1-30-3-20-42(25-31(30)2)47(40-21-16-34(17-22-40)6-4-32-8-12-36(13-9-32)26-38(28-45)43(48)49)41-23-18-35(19-24-41)7-5-33-10-14-37(15-11-33)27-39(29-46)44(50)51/h3-27H,1-2H3,(H,48,49)(H,50,51)/b6-4+,7-5+,38-26+,39-27+. The van der Waals surface area contributed by atoms with Crippen LogP contribution in [-0.2, 0) is 9.59 Å². The highest BCUT2D eigenvalue weighted by atomic mass is 16.4. The molecule has 7 nitrogen and oxygen atoms in total. The molecule has 7 heteroatoms. The Kier molecular flexibility index (Phi) is 11.2. The van der Waals surface area contributed by atoms with Gasteiger partial charge in [0.1, 0.15) is 23.3 Å². The third kappa shape index (κ3) is 9.23. The molecule has 248 valence electrons. The van der Waals surface area contributed by atoms with E-state index >= 15 is 0 Å². The van der Waals surface area contributed by atoms with Crippen molar-refractivity contribution in [1.82, 2.24) is 0 Å². The molecule has 0 aliphatic heterocycles. The Hall–Kier alpha value is -7.22. The van der Waals surface area contributed by atoms with Crippen LogP contribution >= 0.6 is 0 Å². The van der Waals surface area contributed by atoms with Gasteiger partial charge in [0.15, 0.2) is 0 Å². The molecule has 0 amide bonds. The molecule has 5 aromatic rings. The molecule has 5 aromatic carbocycles. The number of carboxylic acid groups (broad SMARTS) is 2. The summed E-state index contributed by atoms with van der Waals surface area (Å²) >= 11 is 0. The zero-order chi connectivity index (χ0) is 36.3. The van der Waals surface area contributed by atoms with Gasteiger partial charge in [-0.2, -0.15) is 10.5 Å². The molecule has 0 bridgehead atoms. The van der Waals surface area contributed by atoms with Gasteiger partial charge in [-0.25, -0.2) is 9.59 Å². The first-order valence-electron chi connectivity index (χ1n) is 16.0. The molecule has 0 unspecified atom stereocenters. The second-order valence-corrected chi connectivity index (χ2v) is 11.7. The van der Waals surface area contributed by atoms with Gasteiger partial charge in [-0.3, -0.25) is 0 Å². The van der Waals surface area contributed by atoms with Crippen molar-refractivity contribution in [3.05, 3.63) is 171 Å². The minimum Gasteiger partial charge on any atom is -0.477 e.